The van der Waals surface area contributed by atoms with Gasteiger partial charge in [-0.15, -0.1) is 0 Å². The summed E-state index contributed by atoms with van der Waals surface area (Å²) in [4.78, 5) is 0. The molecule has 0 saturated carbocycles. The van der Waals surface area contributed by atoms with Gasteiger partial charge in [-0.3, -0.25) is 0 Å². The van der Waals surface area contributed by atoms with E-state index in [0.717, 1.165) is 37.8 Å². The highest BCUT2D eigenvalue weighted by Gasteiger charge is 2.25. The molecule has 2 aliphatic heterocycles. The van der Waals surface area contributed by atoms with E-state index in [9.17, 15) is 0 Å². The molecule has 2 atom stereocenters. The van der Waals surface area contributed by atoms with Crippen LogP contribution >= 0.6 is 0 Å². The van der Waals surface area contributed by atoms with Crippen molar-refractivity contribution in [3.63, 3.8) is 0 Å². The Hall–Kier alpha value is -1.06. The highest BCUT2D eigenvalue weighted by Crippen LogP contribution is 2.29. The third-order valence-electron chi connectivity index (χ3n) is 4.60. The number of fused-ring (bicyclic) bond motifs is 1. The lowest BCUT2D eigenvalue weighted by atomic mass is 9.93. The first-order valence-corrected chi connectivity index (χ1v) is 7.79. The van der Waals surface area contributed by atoms with Gasteiger partial charge in [-0.25, -0.2) is 0 Å². The van der Waals surface area contributed by atoms with Crippen LogP contribution in [0, 0.1) is 12.8 Å². The summed E-state index contributed by atoms with van der Waals surface area (Å²) < 4.78 is 11.4. The molecular weight excluding hydrogens is 250 g/mol. The third-order valence-corrected chi connectivity index (χ3v) is 4.60. The maximum absolute atomic E-state index is 6.01. The van der Waals surface area contributed by atoms with Crippen LogP contribution in [0.5, 0.6) is 5.75 Å². The summed E-state index contributed by atoms with van der Waals surface area (Å²) >= 11 is 0. The molecule has 0 aromatic heterocycles. The topological polar surface area (TPSA) is 30.5 Å². The van der Waals surface area contributed by atoms with Gasteiger partial charge in [0.25, 0.3) is 0 Å². The maximum atomic E-state index is 6.01. The van der Waals surface area contributed by atoms with Crippen molar-refractivity contribution in [1.29, 1.82) is 0 Å². The molecule has 0 amide bonds. The summed E-state index contributed by atoms with van der Waals surface area (Å²) in [7, 11) is 0. The standard InChI is InChI=1S/C17H25NO2/c1-12-3-4-17-15(9-12)10-16(20-17)11-18-13(2)14-5-7-19-8-6-14/h3-4,9,13-14,16,18H,5-8,10-11H2,1-2H3. The van der Waals surface area contributed by atoms with Crippen molar-refractivity contribution in [3.8, 4) is 5.75 Å². The van der Waals surface area contributed by atoms with Gasteiger partial charge in [0.1, 0.15) is 11.9 Å². The third kappa shape index (κ3) is 3.15. The first-order chi connectivity index (χ1) is 9.72. The molecule has 3 nitrogen and oxygen atoms in total. The van der Waals surface area contributed by atoms with E-state index >= 15 is 0 Å². The van der Waals surface area contributed by atoms with E-state index < -0.39 is 0 Å². The Kier molecular flexibility index (Phi) is 4.27. The molecule has 1 saturated heterocycles. The van der Waals surface area contributed by atoms with Crippen LogP contribution in [0.25, 0.3) is 0 Å². The van der Waals surface area contributed by atoms with Gasteiger partial charge in [0.05, 0.1) is 0 Å². The van der Waals surface area contributed by atoms with Crippen molar-refractivity contribution < 1.29 is 9.47 Å². The summed E-state index contributed by atoms with van der Waals surface area (Å²) in [5.74, 6) is 1.82. The predicted octanol–water partition coefficient (Wildman–Crippen LogP) is 2.70. The van der Waals surface area contributed by atoms with Gasteiger partial charge in [0.2, 0.25) is 0 Å². The summed E-state index contributed by atoms with van der Waals surface area (Å²) in [5.41, 5.74) is 2.67. The Morgan fingerprint density at radius 3 is 2.90 bits per heavy atom. The molecule has 1 aromatic carbocycles. The lowest BCUT2D eigenvalue weighted by Gasteiger charge is -2.29. The van der Waals surface area contributed by atoms with Gasteiger partial charge in [-0.1, -0.05) is 17.7 Å². The van der Waals surface area contributed by atoms with E-state index in [4.69, 9.17) is 9.47 Å². The van der Waals surface area contributed by atoms with E-state index in [2.05, 4.69) is 37.4 Å². The van der Waals surface area contributed by atoms with Crippen molar-refractivity contribution in [2.75, 3.05) is 19.8 Å². The van der Waals surface area contributed by atoms with Gasteiger partial charge in [0, 0.05) is 32.2 Å². The second kappa shape index (κ2) is 6.15. The predicted molar refractivity (Wildman–Crippen MR) is 80.3 cm³/mol. The molecule has 1 aromatic rings. The van der Waals surface area contributed by atoms with Crippen molar-refractivity contribution in [1.82, 2.24) is 5.32 Å². The zero-order chi connectivity index (χ0) is 13.9. The minimum Gasteiger partial charge on any atom is -0.488 e. The molecule has 2 heterocycles. The summed E-state index contributed by atoms with van der Waals surface area (Å²) in [6.07, 6.45) is 3.68. The molecule has 2 aliphatic rings. The van der Waals surface area contributed by atoms with Crippen LogP contribution in [0.15, 0.2) is 18.2 Å². The van der Waals surface area contributed by atoms with Crippen molar-refractivity contribution in [2.24, 2.45) is 5.92 Å². The van der Waals surface area contributed by atoms with Gasteiger partial charge in [-0.2, -0.15) is 0 Å². The van der Waals surface area contributed by atoms with Crippen LogP contribution < -0.4 is 10.1 Å². The average molecular weight is 275 g/mol. The molecule has 0 radical (unpaired) electrons. The molecular formula is C17H25NO2. The van der Waals surface area contributed by atoms with Crippen LogP contribution in [0.3, 0.4) is 0 Å². The first-order valence-electron chi connectivity index (χ1n) is 7.79. The molecule has 3 rings (SSSR count). The van der Waals surface area contributed by atoms with E-state index in [-0.39, 0.29) is 6.10 Å². The lowest BCUT2D eigenvalue weighted by Crippen LogP contribution is -2.41. The number of ether oxygens (including phenoxy) is 2. The smallest absolute Gasteiger partial charge is 0.123 e. The second-order valence-electron chi connectivity index (χ2n) is 6.20. The highest BCUT2D eigenvalue weighted by molar-refractivity contribution is 5.40. The molecule has 2 unspecified atom stereocenters. The molecule has 1 fully saturated rings. The summed E-state index contributed by atoms with van der Waals surface area (Å²) in [6.45, 7) is 7.20. The number of hydrogen-bond donors (Lipinski definition) is 1. The van der Waals surface area contributed by atoms with Crippen LogP contribution in [-0.2, 0) is 11.2 Å². The average Bonchev–Trinajstić information content (AvgIpc) is 2.87. The quantitative estimate of drug-likeness (QED) is 0.916. The fraction of sp³-hybridized carbons (Fsp3) is 0.647. The highest BCUT2D eigenvalue weighted by atomic mass is 16.5. The van der Waals surface area contributed by atoms with E-state index in [1.54, 1.807) is 0 Å². The Balaban J connectivity index is 1.48. The van der Waals surface area contributed by atoms with Crippen LogP contribution in [-0.4, -0.2) is 31.9 Å². The van der Waals surface area contributed by atoms with Gasteiger partial charge in [-0.05, 0) is 44.2 Å². The molecule has 0 aliphatic carbocycles. The van der Waals surface area contributed by atoms with E-state index in [1.807, 2.05) is 0 Å². The van der Waals surface area contributed by atoms with Gasteiger partial charge < -0.3 is 14.8 Å². The van der Waals surface area contributed by atoms with E-state index in [1.165, 1.54) is 24.0 Å². The first kappa shape index (κ1) is 13.9. The summed E-state index contributed by atoms with van der Waals surface area (Å²) in [5, 5.41) is 3.66. The molecule has 3 heteroatoms. The zero-order valence-electron chi connectivity index (χ0n) is 12.5. The number of aryl methyl sites for hydroxylation is 1. The largest absolute Gasteiger partial charge is 0.488 e. The van der Waals surface area contributed by atoms with Crippen LogP contribution in [0.4, 0.5) is 0 Å². The Morgan fingerprint density at radius 1 is 1.30 bits per heavy atom. The van der Waals surface area contributed by atoms with Crippen LogP contribution in [0.1, 0.15) is 30.9 Å². The van der Waals surface area contributed by atoms with Crippen LogP contribution in [0.2, 0.25) is 0 Å². The van der Waals surface area contributed by atoms with Gasteiger partial charge in [0.15, 0.2) is 0 Å². The van der Waals surface area contributed by atoms with Crippen molar-refractivity contribution in [2.45, 2.75) is 45.3 Å². The molecule has 0 bridgehead atoms. The Morgan fingerprint density at radius 2 is 2.10 bits per heavy atom. The number of nitrogens with one attached hydrogen (secondary N) is 1. The zero-order valence-corrected chi connectivity index (χ0v) is 12.5. The molecule has 110 valence electrons. The summed E-state index contributed by atoms with van der Waals surface area (Å²) in [6, 6.07) is 7.02. The number of hydrogen-bond acceptors (Lipinski definition) is 3. The number of rotatable bonds is 4. The normalized spacial score (nSPS) is 24.2. The number of benzene rings is 1. The lowest BCUT2D eigenvalue weighted by molar-refractivity contribution is 0.0546. The van der Waals surface area contributed by atoms with Crippen molar-refractivity contribution in [3.05, 3.63) is 29.3 Å². The molecule has 1 N–H and O–H groups in total. The molecule has 0 spiro atoms. The molecule has 20 heavy (non-hydrogen) atoms. The van der Waals surface area contributed by atoms with Crippen molar-refractivity contribution >= 4 is 0 Å². The SMILES string of the molecule is Cc1ccc2c(c1)CC(CNC(C)C1CCOCC1)O2. The Labute approximate surface area is 121 Å². The Bertz CT molecular complexity index is 454. The second-order valence-corrected chi connectivity index (χ2v) is 6.20. The minimum atomic E-state index is 0.286. The maximum Gasteiger partial charge on any atom is 0.123 e. The monoisotopic (exact) mass is 275 g/mol. The fourth-order valence-corrected chi connectivity index (χ4v) is 3.26. The fourth-order valence-electron chi connectivity index (χ4n) is 3.26. The van der Waals surface area contributed by atoms with E-state index in [0.29, 0.717) is 6.04 Å². The van der Waals surface area contributed by atoms with Gasteiger partial charge >= 0.3 is 0 Å². The minimum absolute atomic E-state index is 0.286.